The van der Waals surface area contributed by atoms with E-state index in [0.29, 0.717) is 18.3 Å². The third kappa shape index (κ3) is 2.65. The van der Waals surface area contributed by atoms with Crippen molar-refractivity contribution in [1.29, 1.82) is 0 Å². The van der Waals surface area contributed by atoms with Gasteiger partial charge in [-0.25, -0.2) is 0 Å². The number of nitrogens with two attached hydrogens (primary N) is 1. The van der Waals surface area contributed by atoms with E-state index >= 15 is 0 Å². The minimum Gasteiger partial charge on any atom is -0.493 e. The van der Waals surface area contributed by atoms with Crippen LogP contribution in [-0.2, 0) is 0 Å². The molecule has 2 heterocycles. The molecule has 0 aliphatic carbocycles. The lowest BCUT2D eigenvalue weighted by Gasteiger charge is -2.24. The molecule has 2 aromatic rings. The van der Waals surface area contributed by atoms with Crippen molar-refractivity contribution in [3.8, 4) is 5.75 Å². The molecule has 0 spiro atoms. The molecule has 0 amide bonds. The highest BCUT2D eigenvalue weighted by Crippen LogP contribution is 2.37. The van der Waals surface area contributed by atoms with Crippen LogP contribution in [0.4, 0.5) is 0 Å². The molecule has 1 aromatic heterocycles. The van der Waals surface area contributed by atoms with E-state index in [1.807, 2.05) is 18.2 Å². The van der Waals surface area contributed by atoms with E-state index in [0.717, 1.165) is 17.7 Å². The summed E-state index contributed by atoms with van der Waals surface area (Å²) in [5, 5.41) is 4.15. The largest absolute Gasteiger partial charge is 0.493 e. The van der Waals surface area contributed by atoms with Gasteiger partial charge in [0.25, 0.3) is 0 Å². The summed E-state index contributed by atoms with van der Waals surface area (Å²) in [5.41, 5.74) is 7.19. The molecule has 1 unspecified atom stereocenters. The average Bonchev–Trinajstić information content (AvgIpc) is 2.94. The van der Waals surface area contributed by atoms with Gasteiger partial charge in [-0.05, 0) is 17.9 Å². The molecule has 112 valence electrons. The molecule has 2 atom stereocenters. The lowest BCUT2D eigenvalue weighted by atomic mass is 9.87. The van der Waals surface area contributed by atoms with Gasteiger partial charge >= 0.3 is 0 Å². The van der Waals surface area contributed by atoms with Gasteiger partial charge in [-0.3, -0.25) is 0 Å². The van der Waals surface area contributed by atoms with E-state index in [-0.39, 0.29) is 17.4 Å². The van der Waals surface area contributed by atoms with Gasteiger partial charge in [-0.2, -0.15) is 4.98 Å². The predicted molar refractivity (Wildman–Crippen MR) is 79.1 cm³/mol. The van der Waals surface area contributed by atoms with Gasteiger partial charge in [0.05, 0.1) is 18.6 Å². The summed E-state index contributed by atoms with van der Waals surface area (Å²) in [6.45, 7) is 6.85. The monoisotopic (exact) mass is 287 g/mol. The van der Waals surface area contributed by atoms with Crippen LogP contribution in [-0.4, -0.2) is 16.7 Å². The second-order valence-electron chi connectivity index (χ2n) is 6.56. The number of aromatic nitrogens is 2. The summed E-state index contributed by atoms with van der Waals surface area (Å²) in [6, 6.07) is 7.73. The molecule has 3 rings (SSSR count). The topological polar surface area (TPSA) is 74.2 Å². The van der Waals surface area contributed by atoms with Crippen molar-refractivity contribution in [3.05, 3.63) is 41.5 Å². The van der Waals surface area contributed by atoms with Crippen molar-refractivity contribution in [2.24, 2.45) is 11.1 Å². The quantitative estimate of drug-likeness (QED) is 0.919. The van der Waals surface area contributed by atoms with E-state index in [1.165, 1.54) is 0 Å². The lowest BCUT2D eigenvalue weighted by Crippen LogP contribution is -2.26. The molecule has 5 nitrogen and oxygen atoms in total. The Hall–Kier alpha value is -1.88. The molecular weight excluding hydrogens is 266 g/mol. The van der Waals surface area contributed by atoms with Gasteiger partial charge < -0.3 is 15.0 Å². The number of rotatable bonds is 2. The Morgan fingerprint density at radius 1 is 1.29 bits per heavy atom. The summed E-state index contributed by atoms with van der Waals surface area (Å²) < 4.78 is 11.1. The van der Waals surface area contributed by atoms with Crippen LogP contribution in [0.25, 0.3) is 0 Å². The molecule has 0 saturated heterocycles. The second-order valence-corrected chi connectivity index (χ2v) is 6.56. The number of nitrogens with zero attached hydrogens (tertiary/aromatic N) is 2. The Kier molecular flexibility index (Phi) is 3.45. The van der Waals surface area contributed by atoms with Gasteiger partial charge in [0.15, 0.2) is 5.82 Å². The highest BCUT2D eigenvalue weighted by Gasteiger charge is 2.31. The third-order valence-electron chi connectivity index (χ3n) is 3.93. The normalized spacial score (nSPS) is 19.7. The fourth-order valence-electron chi connectivity index (χ4n) is 2.50. The zero-order valence-corrected chi connectivity index (χ0v) is 12.7. The number of hydrogen-bond donors (Lipinski definition) is 1. The number of para-hydroxylation sites is 1. The summed E-state index contributed by atoms with van der Waals surface area (Å²) in [7, 11) is 0. The van der Waals surface area contributed by atoms with Crippen LogP contribution in [0.3, 0.4) is 0 Å². The zero-order valence-electron chi connectivity index (χ0n) is 12.7. The molecule has 0 fully saturated rings. The highest BCUT2D eigenvalue weighted by atomic mass is 16.5. The molecule has 1 aliphatic heterocycles. The van der Waals surface area contributed by atoms with Gasteiger partial charge in [0, 0.05) is 5.56 Å². The van der Waals surface area contributed by atoms with Crippen molar-refractivity contribution in [3.63, 3.8) is 0 Å². The van der Waals surface area contributed by atoms with Crippen LogP contribution < -0.4 is 10.5 Å². The fourth-order valence-corrected chi connectivity index (χ4v) is 2.50. The van der Waals surface area contributed by atoms with E-state index in [4.69, 9.17) is 15.0 Å². The van der Waals surface area contributed by atoms with Crippen LogP contribution in [0.5, 0.6) is 5.75 Å². The van der Waals surface area contributed by atoms with Crippen molar-refractivity contribution in [1.82, 2.24) is 10.1 Å². The highest BCUT2D eigenvalue weighted by molar-refractivity contribution is 5.40. The maximum absolute atomic E-state index is 6.19. The van der Waals surface area contributed by atoms with Gasteiger partial charge in [-0.1, -0.05) is 44.1 Å². The number of benzene rings is 1. The van der Waals surface area contributed by atoms with Gasteiger partial charge in [0.2, 0.25) is 5.89 Å². The minimum absolute atomic E-state index is 0.111. The van der Waals surface area contributed by atoms with E-state index in [9.17, 15) is 0 Å². The summed E-state index contributed by atoms with van der Waals surface area (Å²) in [4.78, 5) is 4.54. The molecule has 0 radical (unpaired) electrons. The first-order valence-corrected chi connectivity index (χ1v) is 7.27. The third-order valence-corrected chi connectivity index (χ3v) is 3.93. The Labute approximate surface area is 124 Å². The maximum atomic E-state index is 6.19. The minimum atomic E-state index is -0.270. The van der Waals surface area contributed by atoms with Crippen LogP contribution >= 0.6 is 0 Å². The molecular formula is C16H21N3O2. The molecule has 1 aliphatic rings. The molecule has 2 N–H and O–H groups in total. The summed E-state index contributed by atoms with van der Waals surface area (Å²) in [6.07, 6.45) is 0.848. The smallest absolute Gasteiger partial charge is 0.244 e. The zero-order chi connectivity index (χ0) is 15.0. The van der Waals surface area contributed by atoms with Crippen LogP contribution in [0.2, 0.25) is 0 Å². The standard InChI is InChI=1S/C16H21N3O2/c1-16(2,3)13(17)15-18-14(19-21-15)11-8-9-20-12-7-5-4-6-10(11)12/h4-7,11,13H,8-9,17H2,1-3H3/t11?,13-/m1/s1. The first-order valence-electron chi connectivity index (χ1n) is 7.27. The molecule has 0 saturated carbocycles. The van der Waals surface area contributed by atoms with E-state index in [1.54, 1.807) is 0 Å². The first kappa shape index (κ1) is 14.1. The average molecular weight is 287 g/mol. The Morgan fingerprint density at radius 3 is 2.81 bits per heavy atom. The summed E-state index contributed by atoms with van der Waals surface area (Å²) in [5.74, 6) is 2.21. The number of hydrogen-bond acceptors (Lipinski definition) is 5. The van der Waals surface area contributed by atoms with Crippen molar-refractivity contribution in [2.75, 3.05) is 6.61 Å². The van der Waals surface area contributed by atoms with Crippen molar-refractivity contribution in [2.45, 2.75) is 39.2 Å². The van der Waals surface area contributed by atoms with E-state index in [2.05, 4.69) is 37.0 Å². The Morgan fingerprint density at radius 2 is 2.05 bits per heavy atom. The molecule has 21 heavy (non-hydrogen) atoms. The summed E-state index contributed by atoms with van der Waals surface area (Å²) >= 11 is 0. The Balaban J connectivity index is 1.91. The second kappa shape index (κ2) is 5.15. The lowest BCUT2D eigenvalue weighted by molar-refractivity contribution is 0.250. The van der Waals surface area contributed by atoms with E-state index < -0.39 is 0 Å². The van der Waals surface area contributed by atoms with Gasteiger partial charge in [-0.15, -0.1) is 0 Å². The van der Waals surface area contributed by atoms with Crippen LogP contribution in [0.1, 0.15) is 56.4 Å². The first-order chi connectivity index (χ1) is 9.97. The molecule has 5 heteroatoms. The number of fused-ring (bicyclic) bond motifs is 1. The molecule has 1 aromatic carbocycles. The predicted octanol–water partition coefficient (Wildman–Crippen LogP) is 3.03. The molecule has 0 bridgehead atoms. The maximum Gasteiger partial charge on any atom is 0.244 e. The SMILES string of the molecule is CC(C)(C)[C@H](N)c1nc(C2CCOc3ccccc32)no1. The van der Waals surface area contributed by atoms with Crippen molar-refractivity contribution >= 4 is 0 Å². The Bertz CT molecular complexity index is 630. The van der Waals surface area contributed by atoms with Crippen LogP contribution in [0, 0.1) is 5.41 Å². The van der Waals surface area contributed by atoms with Crippen LogP contribution in [0.15, 0.2) is 28.8 Å². The number of ether oxygens (including phenoxy) is 1. The van der Waals surface area contributed by atoms with Gasteiger partial charge in [0.1, 0.15) is 5.75 Å². The fraction of sp³-hybridized carbons (Fsp3) is 0.500. The van der Waals surface area contributed by atoms with Crippen molar-refractivity contribution < 1.29 is 9.26 Å².